The van der Waals surface area contributed by atoms with Crippen molar-refractivity contribution in [1.29, 1.82) is 0 Å². The lowest BCUT2D eigenvalue weighted by molar-refractivity contribution is -0.163. The van der Waals surface area contributed by atoms with Gasteiger partial charge in [0, 0.05) is 39.8 Å². The number of ether oxygens (including phenoxy) is 3. The molecule has 2 bridgehead atoms. The molecule has 2 aromatic rings. The van der Waals surface area contributed by atoms with E-state index in [2.05, 4.69) is 18.5 Å². The Labute approximate surface area is 307 Å². The smallest absolute Gasteiger partial charge is 0.313 e. The number of likely N-dealkylation sites (tertiary alicyclic amines) is 1. The number of esters is 1. The fraction of sp³-hybridized carbons (Fsp3) is 0.512. The number of carbonyl (C=O) groups excluding carboxylic acids is 4. The molecule has 3 fully saturated rings. The molecule has 1 spiro atoms. The molecular formula is C41H53N3O8. The number of fused-ring (bicyclic) bond motifs is 1. The highest BCUT2D eigenvalue weighted by Gasteiger charge is 2.75. The van der Waals surface area contributed by atoms with Crippen molar-refractivity contribution in [3.05, 3.63) is 97.1 Å². The number of methoxy groups -OCH3 is 1. The molecule has 0 unspecified atom stereocenters. The van der Waals surface area contributed by atoms with Crippen molar-refractivity contribution in [3.8, 4) is 0 Å². The summed E-state index contributed by atoms with van der Waals surface area (Å²) in [4.78, 5) is 60.1. The number of unbranched alkanes of at least 4 members (excludes halogenated alkanes) is 3. The fourth-order valence-corrected chi connectivity index (χ4v) is 8.18. The van der Waals surface area contributed by atoms with Gasteiger partial charge in [0.2, 0.25) is 17.7 Å². The Hall–Kier alpha value is -4.32. The van der Waals surface area contributed by atoms with Crippen LogP contribution in [0.25, 0.3) is 0 Å². The molecule has 0 saturated carbocycles. The van der Waals surface area contributed by atoms with E-state index in [0.29, 0.717) is 50.8 Å². The van der Waals surface area contributed by atoms with E-state index in [4.69, 9.17) is 14.2 Å². The van der Waals surface area contributed by atoms with Crippen molar-refractivity contribution < 1.29 is 38.5 Å². The SMILES string of the molecule is C=CCCC(=O)N[C@H](COC)[C@H](OC(=O)[C@@H]1[C@@H]2CC[C@]3(O2)[C@H](C(=O)N(CC=C)Cc2ccccc2)N(CCCCCCO)C(=O)[C@@H]13)c1ccccc1. The molecule has 52 heavy (non-hydrogen) atoms. The Balaban J connectivity index is 1.46. The summed E-state index contributed by atoms with van der Waals surface area (Å²) in [7, 11) is 1.51. The summed E-state index contributed by atoms with van der Waals surface area (Å²) in [5.74, 6) is -3.22. The Morgan fingerprint density at radius 3 is 2.44 bits per heavy atom. The first-order chi connectivity index (χ1) is 25.3. The highest BCUT2D eigenvalue weighted by Crippen LogP contribution is 2.59. The highest BCUT2D eigenvalue weighted by atomic mass is 16.6. The number of allylic oxidation sites excluding steroid dienone is 1. The van der Waals surface area contributed by atoms with E-state index in [-0.39, 0.29) is 43.9 Å². The second-order valence-electron chi connectivity index (χ2n) is 13.9. The predicted molar refractivity (Wildman–Crippen MR) is 195 cm³/mol. The molecule has 11 heteroatoms. The lowest BCUT2D eigenvalue weighted by Gasteiger charge is -2.37. The van der Waals surface area contributed by atoms with Gasteiger partial charge in [0.05, 0.1) is 30.6 Å². The largest absolute Gasteiger partial charge is 0.455 e. The van der Waals surface area contributed by atoms with Crippen molar-refractivity contribution in [2.24, 2.45) is 11.8 Å². The average molecular weight is 716 g/mol. The van der Waals surface area contributed by atoms with E-state index in [0.717, 1.165) is 18.4 Å². The number of hydrogen-bond donors (Lipinski definition) is 2. The minimum Gasteiger partial charge on any atom is -0.455 e. The maximum Gasteiger partial charge on any atom is 0.313 e. The topological polar surface area (TPSA) is 135 Å². The molecule has 7 atom stereocenters. The molecule has 2 N–H and O–H groups in total. The minimum absolute atomic E-state index is 0.0742. The maximum atomic E-state index is 14.7. The summed E-state index contributed by atoms with van der Waals surface area (Å²) in [6, 6.07) is 17.2. The van der Waals surface area contributed by atoms with Crippen LogP contribution in [-0.2, 0) is 39.9 Å². The Bertz CT molecular complexity index is 1540. The van der Waals surface area contributed by atoms with Gasteiger partial charge >= 0.3 is 5.97 Å². The number of hydrogen-bond acceptors (Lipinski definition) is 8. The van der Waals surface area contributed by atoms with E-state index < -0.39 is 47.7 Å². The summed E-state index contributed by atoms with van der Waals surface area (Å²) < 4.78 is 18.5. The zero-order valence-corrected chi connectivity index (χ0v) is 30.2. The Kier molecular flexibility index (Phi) is 13.8. The van der Waals surface area contributed by atoms with Crippen LogP contribution in [0.2, 0.25) is 0 Å². The third kappa shape index (κ3) is 8.48. The first kappa shape index (κ1) is 38.9. The summed E-state index contributed by atoms with van der Waals surface area (Å²) in [5.41, 5.74) is 0.410. The molecule has 3 aliphatic rings. The number of nitrogens with zero attached hydrogens (tertiary/aromatic N) is 2. The van der Waals surface area contributed by atoms with Crippen molar-refractivity contribution in [3.63, 3.8) is 0 Å². The number of nitrogens with one attached hydrogen (secondary N) is 1. The number of carbonyl (C=O) groups is 4. The van der Waals surface area contributed by atoms with Crippen LogP contribution in [0.15, 0.2) is 86.0 Å². The van der Waals surface area contributed by atoms with Crippen LogP contribution < -0.4 is 5.32 Å². The van der Waals surface area contributed by atoms with Crippen LogP contribution in [0.1, 0.15) is 68.6 Å². The molecule has 2 aromatic carbocycles. The minimum atomic E-state index is -1.20. The van der Waals surface area contributed by atoms with Gasteiger partial charge < -0.3 is 34.4 Å². The van der Waals surface area contributed by atoms with E-state index in [9.17, 15) is 24.3 Å². The normalized spacial score (nSPS) is 24.2. The monoisotopic (exact) mass is 715 g/mol. The molecule has 3 heterocycles. The van der Waals surface area contributed by atoms with Crippen LogP contribution in [0.5, 0.6) is 0 Å². The second kappa shape index (κ2) is 18.4. The Morgan fingerprint density at radius 2 is 1.77 bits per heavy atom. The Morgan fingerprint density at radius 1 is 1.06 bits per heavy atom. The molecule has 0 aliphatic carbocycles. The summed E-state index contributed by atoms with van der Waals surface area (Å²) in [6.07, 6.45) is 6.34. The van der Waals surface area contributed by atoms with Crippen LogP contribution in [-0.4, -0.2) is 95.8 Å². The fourth-order valence-electron chi connectivity index (χ4n) is 8.18. The van der Waals surface area contributed by atoms with E-state index >= 15 is 0 Å². The van der Waals surface area contributed by atoms with E-state index in [1.165, 1.54) is 7.11 Å². The van der Waals surface area contributed by atoms with Crippen LogP contribution in [0.4, 0.5) is 0 Å². The highest BCUT2D eigenvalue weighted by molar-refractivity contribution is 5.98. The van der Waals surface area contributed by atoms with Crippen molar-refractivity contribution in [2.45, 2.75) is 87.8 Å². The van der Waals surface area contributed by atoms with Gasteiger partial charge in [-0.25, -0.2) is 0 Å². The number of benzene rings is 2. The van der Waals surface area contributed by atoms with E-state index in [1.807, 2.05) is 60.7 Å². The quantitative estimate of drug-likeness (QED) is 0.110. The average Bonchev–Trinajstić information content (AvgIpc) is 3.80. The molecule has 0 aromatic heterocycles. The first-order valence-corrected chi connectivity index (χ1v) is 18.5. The van der Waals surface area contributed by atoms with Crippen LogP contribution in [0, 0.1) is 11.8 Å². The van der Waals surface area contributed by atoms with Gasteiger partial charge in [-0.15, -0.1) is 13.2 Å². The van der Waals surface area contributed by atoms with E-state index in [1.54, 1.807) is 22.0 Å². The van der Waals surface area contributed by atoms with Crippen LogP contribution >= 0.6 is 0 Å². The van der Waals surface area contributed by atoms with Gasteiger partial charge in [-0.2, -0.15) is 0 Å². The molecular weight excluding hydrogens is 662 g/mol. The van der Waals surface area contributed by atoms with Crippen LogP contribution in [0.3, 0.4) is 0 Å². The second-order valence-corrected chi connectivity index (χ2v) is 13.9. The molecule has 11 nitrogen and oxygen atoms in total. The van der Waals surface area contributed by atoms with Gasteiger partial charge in [-0.1, -0.05) is 85.7 Å². The van der Waals surface area contributed by atoms with Gasteiger partial charge in [-0.3, -0.25) is 19.2 Å². The molecule has 0 radical (unpaired) electrons. The number of rotatable bonds is 21. The van der Waals surface area contributed by atoms with Crippen molar-refractivity contribution >= 4 is 23.7 Å². The first-order valence-electron chi connectivity index (χ1n) is 18.5. The third-order valence-electron chi connectivity index (χ3n) is 10.5. The van der Waals surface area contributed by atoms with Gasteiger partial charge in [0.25, 0.3) is 0 Å². The summed E-state index contributed by atoms with van der Waals surface area (Å²) in [6.45, 7) is 8.69. The lowest BCUT2D eigenvalue weighted by atomic mass is 9.70. The molecule has 3 amide bonds. The maximum absolute atomic E-state index is 14.7. The summed E-state index contributed by atoms with van der Waals surface area (Å²) >= 11 is 0. The van der Waals surface area contributed by atoms with Gasteiger partial charge in [-0.05, 0) is 43.2 Å². The van der Waals surface area contributed by atoms with Crippen molar-refractivity contribution in [2.75, 3.05) is 33.4 Å². The molecule has 5 rings (SSSR count). The molecule has 3 saturated heterocycles. The third-order valence-corrected chi connectivity index (χ3v) is 10.5. The molecule has 3 aliphatic heterocycles. The molecule has 280 valence electrons. The lowest BCUT2D eigenvalue weighted by Crippen LogP contribution is -2.56. The predicted octanol–water partition coefficient (Wildman–Crippen LogP) is 4.51. The van der Waals surface area contributed by atoms with Gasteiger partial charge in [0.1, 0.15) is 17.7 Å². The zero-order valence-electron chi connectivity index (χ0n) is 30.2. The standard InChI is InChI=1S/C41H53N3O8/c1-4-6-21-33(46)42-31(28-50-3)36(30-19-13-10-14-20-30)51-40(49)34-32-22-23-41(52-32)35(34)38(47)44(25-15-7-8-16-26-45)37(41)39(48)43(24-5-2)27-29-17-11-9-12-18-29/h4-5,9-14,17-20,31-32,34-37,45H,1-2,6-8,15-16,21-28H2,3H3,(H,42,46)/t31-,32+,34-,35-,36-,37+,41-/m1/s1. The number of amides is 3. The van der Waals surface area contributed by atoms with Crippen molar-refractivity contribution in [1.82, 2.24) is 15.1 Å². The number of aliphatic hydroxyl groups excluding tert-OH is 1. The summed E-state index contributed by atoms with van der Waals surface area (Å²) in [5, 5.41) is 12.3. The zero-order chi connectivity index (χ0) is 37.1. The van der Waals surface area contributed by atoms with Gasteiger partial charge in [0.15, 0.2) is 0 Å². The number of aliphatic hydroxyl groups is 1.